The number of unbranched alkanes of at least 4 members (excludes halogenated alkanes) is 2. The van der Waals surface area contributed by atoms with E-state index in [0.29, 0.717) is 18.9 Å². The summed E-state index contributed by atoms with van der Waals surface area (Å²) in [4.78, 5) is 13.4. The summed E-state index contributed by atoms with van der Waals surface area (Å²) in [6.07, 6.45) is 4.52. The second-order valence-electron chi connectivity index (χ2n) is 5.25. The number of hydrogen-bond donors (Lipinski definition) is 1. The predicted octanol–water partition coefficient (Wildman–Crippen LogP) is 1.81. The summed E-state index contributed by atoms with van der Waals surface area (Å²) in [7, 11) is 0. The standard InChI is InChI=1S/C14H27NO3/c1-3-18-14(17)7-5-4-6-9-15-10-8-12(2)13(16)11-15/h12-13,16H,3-11H2,1-2H3. The first-order valence-corrected chi connectivity index (χ1v) is 7.19. The minimum absolute atomic E-state index is 0.0836. The van der Waals surface area contributed by atoms with Crippen LogP contribution in [-0.2, 0) is 9.53 Å². The van der Waals surface area contributed by atoms with E-state index >= 15 is 0 Å². The highest BCUT2D eigenvalue weighted by atomic mass is 16.5. The van der Waals surface area contributed by atoms with Gasteiger partial charge in [0.15, 0.2) is 0 Å². The van der Waals surface area contributed by atoms with Crippen LogP contribution in [0.25, 0.3) is 0 Å². The Morgan fingerprint density at radius 1 is 1.39 bits per heavy atom. The highest BCUT2D eigenvalue weighted by Crippen LogP contribution is 2.17. The first-order valence-electron chi connectivity index (χ1n) is 7.19. The number of aliphatic hydroxyl groups is 1. The lowest BCUT2D eigenvalue weighted by Crippen LogP contribution is -2.43. The molecule has 1 heterocycles. The van der Waals surface area contributed by atoms with Crippen molar-refractivity contribution in [1.29, 1.82) is 0 Å². The number of piperidine rings is 1. The summed E-state index contributed by atoms with van der Waals surface area (Å²) in [5.74, 6) is 0.352. The van der Waals surface area contributed by atoms with Crippen LogP contribution in [0.2, 0.25) is 0 Å². The molecule has 18 heavy (non-hydrogen) atoms. The van der Waals surface area contributed by atoms with Crippen LogP contribution in [0.3, 0.4) is 0 Å². The lowest BCUT2D eigenvalue weighted by molar-refractivity contribution is -0.143. The maximum atomic E-state index is 11.1. The number of carbonyl (C=O) groups is 1. The van der Waals surface area contributed by atoms with Crippen molar-refractivity contribution in [2.24, 2.45) is 5.92 Å². The van der Waals surface area contributed by atoms with E-state index in [0.717, 1.165) is 45.3 Å². The molecule has 1 N–H and O–H groups in total. The molecule has 0 spiro atoms. The van der Waals surface area contributed by atoms with Crippen LogP contribution < -0.4 is 0 Å². The number of esters is 1. The summed E-state index contributed by atoms with van der Waals surface area (Å²) in [5.41, 5.74) is 0. The van der Waals surface area contributed by atoms with Gasteiger partial charge < -0.3 is 14.7 Å². The maximum Gasteiger partial charge on any atom is 0.305 e. The van der Waals surface area contributed by atoms with E-state index in [1.165, 1.54) is 0 Å². The number of aliphatic hydroxyl groups excluding tert-OH is 1. The van der Waals surface area contributed by atoms with Crippen LogP contribution in [0.4, 0.5) is 0 Å². The van der Waals surface area contributed by atoms with Crippen molar-refractivity contribution in [1.82, 2.24) is 4.90 Å². The van der Waals surface area contributed by atoms with E-state index < -0.39 is 0 Å². The van der Waals surface area contributed by atoms with Gasteiger partial charge in [-0.1, -0.05) is 13.3 Å². The molecule has 0 saturated carbocycles. The average Bonchev–Trinajstić information content (AvgIpc) is 2.33. The van der Waals surface area contributed by atoms with E-state index in [9.17, 15) is 9.90 Å². The van der Waals surface area contributed by atoms with Crippen LogP contribution >= 0.6 is 0 Å². The van der Waals surface area contributed by atoms with Gasteiger partial charge in [0.05, 0.1) is 12.7 Å². The van der Waals surface area contributed by atoms with Gasteiger partial charge in [0.1, 0.15) is 0 Å². The van der Waals surface area contributed by atoms with E-state index in [2.05, 4.69) is 11.8 Å². The van der Waals surface area contributed by atoms with Crippen LogP contribution in [0.1, 0.15) is 46.0 Å². The Morgan fingerprint density at radius 2 is 2.17 bits per heavy atom. The average molecular weight is 257 g/mol. The van der Waals surface area contributed by atoms with Gasteiger partial charge in [-0.3, -0.25) is 4.79 Å². The van der Waals surface area contributed by atoms with E-state index in [4.69, 9.17) is 4.74 Å². The van der Waals surface area contributed by atoms with Gasteiger partial charge in [0, 0.05) is 13.0 Å². The zero-order valence-corrected chi connectivity index (χ0v) is 11.7. The number of nitrogens with zero attached hydrogens (tertiary/aromatic N) is 1. The molecule has 1 fully saturated rings. The van der Waals surface area contributed by atoms with E-state index in [-0.39, 0.29) is 12.1 Å². The molecule has 0 radical (unpaired) electrons. The van der Waals surface area contributed by atoms with Gasteiger partial charge in [0.2, 0.25) is 0 Å². The Morgan fingerprint density at radius 3 is 2.83 bits per heavy atom. The number of carbonyl (C=O) groups excluding carboxylic acids is 1. The quantitative estimate of drug-likeness (QED) is 0.558. The fraction of sp³-hybridized carbons (Fsp3) is 0.929. The van der Waals surface area contributed by atoms with Crippen molar-refractivity contribution in [3.63, 3.8) is 0 Å². The second kappa shape index (κ2) is 8.48. The Hall–Kier alpha value is -0.610. The molecule has 2 atom stereocenters. The normalized spacial score (nSPS) is 25.1. The summed E-state index contributed by atoms with van der Waals surface area (Å²) in [6.45, 7) is 7.35. The molecule has 0 amide bonds. The van der Waals surface area contributed by atoms with Crippen molar-refractivity contribution in [3.8, 4) is 0 Å². The molecule has 0 bridgehead atoms. The largest absolute Gasteiger partial charge is 0.466 e. The van der Waals surface area contributed by atoms with Crippen LogP contribution in [-0.4, -0.2) is 48.3 Å². The molecule has 1 rings (SSSR count). The Labute approximate surface area is 110 Å². The molecule has 4 heteroatoms. The first-order chi connectivity index (χ1) is 8.63. The lowest BCUT2D eigenvalue weighted by atomic mass is 9.96. The fourth-order valence-corrected chi connectivity index (χ4v) is 2.33. The summed E-state index contributed by atoms with van der Waals surface area (Å²) in [6, 6.07) is 0. The summed E-state index contributed by atoms with van der Waals surface area (Å²) >= 11 is 0. The third-order valence-electron chi connectivity index (χ3n) is 3.66. The smallest absolute Gasteiger partial charge is 0.305 e. The molecular formula is C14H27NO3. The zero-order valence-electron chi connectivity index (χ0n) is 11.7. The molecule has 0 aromatic carbocycles. The minimum atomic E-state index is -0.168. The highest BCUT2D eigenvalue weighted by Gasteiger charge is 2.23. The summed E-state index contributed by atoms with van der Waals surface area (Å²) in [5, 5.41) is 9.78. The van der Waals surface area contributed by atoms with Crippen LogP contribution in [0, 0.1) is 5.92 Å². The SMILES string of the molecule is CCOC(=O)CCCCCN1CCC(C)C(O)C1. The number of likely N-dealkylation sites (tertiary alicyclic amines) is 1. The monoisotopic (exact) mass is 257 g/mol. The number of ether oxygens (including phenoxy) is 1. The van der Waals surface area contributed by atoms with Crippen molar-refractivity contribution in [3.05, 3.63) is 0 Å². The third-order valence-corrected chi connectivity index (χ3v) is 3.66. The Balaban J connectivity index is 1.99. The minimum Gasteiger partial charge on any atom is -0.466 e. The topological polar surface area (TPSA) is 49.8 Å². The van der Waals surface area contributed by atoms with Gasteiger partial charge in [-0.2, -0.15) is 0 Å². The van der Waals surface area contributed by atoms with Gasteiger partial charge in [0.25, 0.3) is 0 Å². The molecule has 1 aliphatic heterocycles. The number of β-amino-alcohol motifs (C(OH)–C–C–N with tert-alkyl or cyclic N) is 1. The van der Waals surface area contributed by atoms with Crippen molar-refractivity contribution in [2.45, 2.75) is 52.1 Å². The molecule has 0 aromatic heterocycles. The lowest BCUT2D eigenvalue weighted by Gasteiger charge is -2.34. The predicted molar refractivity (Wildman–Crippen MR) is 71.3 cm³/mol. The van der Waals surface area contributed by atoms with Gasteiger partial charge >= 0.3 is 5.97 Å². The van der Waals surface area contributed by atoms with Crippen molar-refractivity contribution >= 4 is 5.97 Å². The second-order valence-corrected chi connectivity index (χ2v) is 5.25. The molecule has 4 nitrogen and oxygen atoms in total. The number of hydrogen-bond acceptors (Lipinski definition) is 4. The maximum absolute atomic E-state index is 11.1. The molecule has 0 aromatic rings. The molecule has 1 saturated heterocycles. The Bertz CT molecular complexity index is 245. The zero-order chi connectivity index (χ0) is 13.4. The van der Waals surface area contributed by atoms with Gasteiger partial charge in [-0.15, -0.1) is 0 Å². The van der Waals surface area contributed by atoms with Crippen molar-refractivity contribution < 1.29 is 14.6 Å². The molecular weight excluding hydrogens is 230 g/mol. The van der Waals surface area contributed by atoms with E-state index in [1.807, 2.05) is 6.92 Å². The van der Waals surface area contributed by atoms with Gasteiger partial charge in [-0.05, 0) is 45.2 Å². The van der Waals surface area contributed by atoms with E-state index in [1.54, 1.807) is 0 Å². The fourth-order valence-electron chi connectivity index (χ4n) is 2.33. The molecule has 106 valence electrons. The Kier molecular flexibility index (Phi) is 7.28. The number of rotatable bonds is 7. The van der Waals surface area contributed by atoms with Crippen molar-refractivity contribution in [2.75, 3.05) is 26.2 Å². The molecule has 1 aliphatic rings. The summed E-state index contributed by atoms with van der Waals surface area (Å²) < 4.78 is 4.88. The van der Waals surface area contributed by atoms with Crippen LogP contribution in [0.15, 0.2) is 0 Å². The highest BCUT2D eigenvalue weighted by molar-refractivity contribution is 5.69. The molecule has 2 unspecified atom stereocenters. The third kappa shape index (κ3) is 5.83. The van der Waals surface area contributed by atoms with Gasteiger partial charge in [-0.25, -0.2) is 0 Å². The first kappa shape index (κ1) is 15.4. The van der Waals surface area contributed by atoms with Crippen LogP contribution in [0.5, 0.6) is 0 Å². The molecule has 0 aliphatic carbocycles.